The van der Waals surface area contributed by atoms with E-state index < -0.39 is 8.41 Å². The number of nitrogens with zero attached hydrogens (tertiary/aromatic N) is 4. The summed E-state index contributed by atoms with van der Waals surface area (Å²) in [4.78, 5) is 14.7. The lowest BCUT2D eigenvalue weighted by Crippen LogP contribution is -2.46. The molecule has 0 radical (unpaired) electrons. The molecule has 3 heterocycles. The number of aliphatic hydroxyl groups is 1. The lowest BCUT2D eigenvalue weighted by Gasteiger charge is -2.43. The van der Waals surface area contributed by atoms with Gasteiger partial charge in [0.2, 0.25) is 14.3 Å². The third kappa shape index (κ3) is 6.41. The lowest BCUT2D eigenvalue weighted by atomic mass is 9.86. The zero-order chi connectivity index (χ0) is 26.6. The molecule has 1 amide bonds. The number of amides is 1. The molecular weight excluding hydrogens is 491 g/mol. The molecule has 1 unspecified atom stereocenters. The van der Waals surface area contributed by atoms with Crippen LogP contribution in [0.1, 0.15) is 62.8 Å². The summed E-state index contributed by atoms with van der Waals surface area (Å²) < 4.78 is 30.0. The number of anilines is 1. The lowest BCUT2D eigenvalue weighted by molar-refractivity contribution is -0.118. The van der Waals surface area contributed by atoms with E-state index in [0.717, 1.165) is 49.2 Å². The first-order chi connectivity index (χ1) is 17.7. The molecule has 0 spiro atoms. The molecule has 204 valence electrons. The second-order valence-electron chi connectivity index (χ2n) is 10.9. The molecule has 1 N–H and O–H groups in total. The van der Waals surface area contributed by atoms with Gasteiger partial charge in [-0.1, -0.05) is 25.0 Å². The van der Waals surface area contributed by atoms with E-state index in [4.69, 9.17) is 14.6 Å². The molecule has 8 nitrogen and oxygen atoms in total. The van der Waals surface area contributed by atoms with Crippen LogP contribution in [0.4, 0.5) is 9.80 Å². The largest absolute Gasteiger partial charge is 0.490 e. The zero-order valence-electron chi connectivity index (χ0n) is 22.5. The highest BCUT2D eigenvalue weighted by Gasteiger charge is 2.47. The van der Waals surface area contributed by atoms with Gasteiger partial charge in [0, 0.05) is 68.6 Å². The van der Waals surface area contributed by atoms with Gasteiger partial charge in [-0.15, -0.1) is 5.10 Å². The molecule has 2 aliphatic heterocycles. The molecule has 0 saturated carbocycles. The molecule has 2 aromatic rings. The number of aliphatic hydroxyl groups excluding tert-OH is 1. The van der Waals surface area contributed by atoms with Gasteiger partial charge < -0.3 is 23.6 Å². The van der Waals surface area contributed by atoms with E-state index in [1.165, 1.54) is 0 Å². The van der Waals surface area contributed by atoms with Gasteiger partial charge in [0.15, 0.2) is 0 Å². The molecule has 1 aromatic carbocycles. The number of ether oxygens (including phenoxy) is 2. The third-order valence-corrected chi connectivity index (χ3v) is 10.2. The van der Waals surface area contributed by atoms with Crippen molar-refractivity contribution in [3.8, 4) is 5.75 Å². The number of hydrogen-bond donors (Lipinski definition) is 1. The summed E-state index contributed by atoms with van der Waals surface area (Å²) in [5, 5.41) is 17.4. The Labute approximate surface area is 220 Å². The molecule has 1 saturated heterocycles. The van der Waals surface area contributed by atoms with Crippen molar-refractivity contribution in [3.63, 3.8) is 0 Å². The topological polar surface area (TPSA) is 89.7 Å². The highest BCUT2D eigenvalue weighted by Crippen LogP contribution is 2.48. The number of methoxy groups -OCH3 is 1. The fourth-order valence-corrected chi connectivity index (χ4v) is 7.78. The first kappa shape index (κ1) is 27.7. The number of aromatic nitrogens is 3. The average molecular weight is 533 g/mol. The highest BCUT2D eigenvalue weighted by atomic mass is 28.4. The first-order valence-electron chi connectivity index (χ1n) is 13.6. The second kappa shape index (κ2) is 12.0. The minimum atomic E-state index is -3.13. The maximum absolute atomic E-state index is 15.8. The number of fused-ring (bicyclic) bond motifs is 1. The van der Waals surface area contributed by atoms with Crippen molar-refractivity contribution < 1.29 is 23.5 Å². The smallest absolute Gasteiger partial charge is 0.247 e. The number of benzene rings is 1. The Kier molecular flexibility index (Phi) is 9.02. The van der Waals surface area contributed by atoms with Gasteiger partial charge >= 0.3 is 0 Å². The number of hydrogen-bond acceptors (Lipinski definition) is 6. The van der Waals surface area contributed by atoms with E-state index in [1.54, 1.807) is 24.9 Å². The van der Waals surface area contributed by atoms with Crippen LogP contribution in [0.25, 0.3) is 0 Å². The fraction of sp³-hybridized carbons (Fsp3) is 0.667. The van der Waals surface area contributed by atoms with Crippen LogP contribution >= 0.6 is 0 Å². The highest BCUT2D eigenvalue weighted by molar-refractivity contribution is 6.72. The summed E-state index contributed by atoms with van der Waals surface area (Å²) in [6, 6.07) is 5.90. The minimum Gasteiger partial charge on any atom is -0.490 e. The van der Waals surface area contributed by atoms with Crippen LogP contribution in [-0.2, 0) is 22.5 Å². The van der Waals surface area contributed by atoms with E-state index in [0.29, 0.717) is 31.6 Å². The molecule has 37 heavy (non-hydrogen) atoms. The summed E-state index contributed by atoms with van der Waals surface area (Å²) in [5.41, 5.74) is 2.24. The van der Waals surface area contributed by atoms with Gasteiger partial charge in [0.1, 0.15) is 11.9 Å². The second-order valence-corrected chi connectivity index (χ2v) is 14.8. The van der Waals surface area contributed by atoms with Crippen molar-refractivity contribution in [2.24, 2.45) is 5.92 Å². The molecule has 0 bridgehead atoms. The number of aryl methyl sites for hydroxylation is 1. The molecular formula is C27H41FN4O4Si. The predicted octanol–water partition coefficient (Wildman–Crippen LogP) is 4.83. The van der Waals surface area contributed by atoms with E-state index in [2.05, 4.69) is 17.2 Å². The number of carbonyl (C=O) groups is 1. The molecule has 0 aliphatic carbocycles. The Morgan fingerprint density at radius 3 is 2.78 bits per heavy atom. The van der Waals surface area contributed by atoms with Crippen LogP contribution in [0, 0.1) is 5.92 Å². The quantitative estimate of drug-likeness (QED) is 0.368. The Morgan fingerprint density at radius 1 is 1.27 bits per heavy atom. The summed E-state index contributed by atoms with van der Waals surface area (Å²) in [7, 11) is -1.45. The molecule has 2 aliphatic rings. The minimum absolute atomic E-state index is 0.0185. The fourth-order valence-electron chi connectivity index (χ4n) is 5.81. The van der Waals surface area contributed by atoms with E-state index in [9.17, 15) is 4.79 Å². The van der Waals surface area contributed by atoms with Gasteiger partial charge in [0.05, 0.1) is 11.8 Å². The van der Waals surface area contributed by atoms with Crippen LogP contribution in [0.2, 0.25) is 18.6 Å². The monoisotopic (exact) mass is 532 g/mol. The Morgan fingerprint density at radius 2 is 2.05 bits per heavy atom. The predicted molar refractivity (Wildman–Crippen MR) is 143 cm³/mol. The van der Waals surface area contributed by atoms with Crippen molar-refractivity contribution in [2.45, 2.75) is 89.3 Å². The van der Waals surface area contributed by atoms with E-state index >= 15 is 4.11 Å². The average Bonchev–Trinajstić information content (AvgIpc) is 3.29. The first-order valence-corrected chi connectivity index (χ1v) is 16.5. The van der Waals surface area contributed by atoms with Crippen molar-refractivity contribution in [1.82, 2.24) is 15.0 Å². The summed E-state index contributed by atoms with van der Waals surface area (Å²) >= 11 is 0. The summed E-state index contributed by atoms with van der Waals surface area (Å²) in [6.07, 6.45) is 6.97. The van der Waals surface area contributed by atoms with Crippen molar-refractivity contribution in [3.05, 3.63) is 35.7 Å². The van der Waals surface area contributed by atoms with Crippen LogP contribution in [0.15, 0.2) is 24.4 Å². The normalized spacial score (nSPS) is 23.7. The molecule has 10 heteroatoms. The molecule has 4 atom stereocenters. The Bertz CT molecular complexity index is 1060. The van der Waals surface area contributed by atoms with Crippen molar-refractivity contribution >= 4 is 20.0 Å². The van der Waals surface area contributed by atoms with Gasteiger partial charge in [-0.3, -0.25) is 9.48 Å². The van der Waals surface area contributed by atoms with Gasteiger partial charge in [-0.25, -0.2) is 0 Å². The van der Waals surface area contributed by atoms with Gasteiger partial charge in [0.25, 0.3) is 0 Å². The maximum atomic E-state index is 15.8. The Balaban J connectivity index is 1.57. The van der Waals surface area contributed by atoms with Gasteiger partial charge in [-0.2, -0.15) is 0 Å². The standard InChI is InChI=1S/C27H41FN4O4Si/c1-19-26(35-2)22-17-21(32-14-8-6-5-7-9-25(32)34)10-11-23(22)36-27(19)24(37(3,4)28)12-15-31-18-20(13-16-33)29-30-31/h10-11,17-19,24,26-27,33H,5-9,12-16H2,1-4H3/t19-,24?,26-,27-/m0/s1. The maximum Gasteiger partial charge on any atom is 0.247 e. The zero-order valence-corrected chi connectivity index (χ0v) is 23.5. The number of halogens is 1. The van der Waals surface area contributed by atoms with Crippen LogP contribution < -0.4 is 9.64 Å². The van der Waals surface area contributed by atoms with E-state index in [1.807, 2.05) is 29.3 Å². The molecule has 4 rings (SSSR count). The molecule has 1 fully saturated rings. The van der Waals surface area contributed by atoms with Crippen LogP contribution in [0.3, 0.4) is 0 Å². The number of rotatable bonds is 9. The van der Waals surface area contributed by atoms with Crippen molar-refractivity contribution in [2.75, 3.05) is 25.2 Å². The van der Waals surface area contributed by atoms with E-state index in [-0.39, 0.29) is 36.2 Å². The SMILES string of the molecule is CO[C@@H]1c2cc(N3CCCCCCC3=O)ccc2O[C@H](C(CCn2cc(CCO)nn2)[Si](C)(C)F)[C@H]1C. The van der Waals surface area contributed by atoms with Crippen LogP contribution in [0.5, 0.6) is 5.75 Å². The molecule has 1 aromatic heterocycles. The summed E-state index contributed by atoms with van der Waals surface area (Å²) in [5.74, 6) is 0.785. The van der Waals surface area contributed by atoms with Crippen LogP contribution in [-0.4, -0.2) is 60.8 Å². The van der Waals surface area contributed by atoms with Gasteiger partial charge in [-0.05, 0) is 50.6 Å². The Hall–Kier alpha value is -2.30. The van der Waals surface area contributed by atoms with Crippen molar-refractivity contribution in [1.29, 1.82) is 0 Å². The number of carbonyl (C=O) groups excluding carboxylic acids is 1. The summed E-state index contributed by atoms with van der Waals surface area (Å²) in [6.45, 7) is 6.81. The third-order valence-electron chi connectivity index (χ3n) is 7.85.